The molecule has 1 aromatic rings. The van der Waals surface area contributed by atoms with Crippen LogP contribution in [0.15, 0.2) is 18.2 Å². The van der Waals surface area contributed by atoms with E-state index in [0.717, 1.165) is 24.2 Å². The standard InChI is InChI=1S/C15H18O4/c1-19-13-8-7-11(14(16)15(17)18)9-12(13)10-5-3-2-4-6-10/h7-10H,2-6H2,1H3,(H,17,18). The molecule has 1 aliphatic rings. The van der Waals surface area contributed by atoms with Crippen LogP contribution in [0.25, 0.3) is 0 Å². The molecule has 1 aromatic carbocycles. The zero-order valence-electron chi connectivity index (χ0n) is 11.0. The Morgan fingerprint density at radius 3 is 2.47 bits per heavy atom. The summed E-state index contributed by atoms with van der Waals surface area (Å²) in [7, 11) is 1.60. The Balaban J connectivity index is 2.35. The van der Waals surface area contributed by atoms with E-state index in [2.05, 4.69) is 0 Å². The maximum absolute atomic E-state index is 11.5. The van der Waals surface area contributed by atoms with Gasteiger partial charge in [0, 0.05) is 5.56 Å². The summed E-state index contributed by atoms with van der Waals surface area (Å²) in [5.74, 6) is -1.17. The highest BCUT2D eigenvalue weighted by Crippen LogP contribution is 2.37. The van der Waals surface area contributed by atoms with Crippen LogP contribution in [0.2, 0.25) is 0 Å². The fourth-order valence-electron chi connectivity index (χ4n) is 2.73. The van der Waals surface area contributed by atoms with Crippen molar-refractivity contribution < 1.29 is 19.4 Å². The first-order valence-electron chi connectivity index (χ1n) is 6.59. The molecule has 19 heavy (non-hydrogen) atoms. The molecule has 1 aliphatic carbocycles. The molecule has 0 unspecified atom stereocenters. The zero-order valence-corrected chi connectivity index (χ0v) is 11.0. The fourth-order valence-corrected chi connectivity index (χ4v) is 2.73. The third-order valence-corrected chi connectivity index (χ3v) is 3.73. The SMILES string of the molecule is COc1ccc(C(=O)C(=O)O)cc1C1CCCCC1. The van der Waals surface area contributed by atoms with Gasteiger partial charge < -0.3 is 9.84 Å². The monoisotopic (exact) mass is 262 g/mol. The minimum absolute atomic E-state index is 0.230. The molecule has 0 heterocycles. The lowest BCUT2D eigenvalue weighted by Gasteiger charge is -2.24. The van der Waals surface area contributed by atoms with Gasteiger partial charge in [-0.15, -0.1) is 0 Å². The molecule has 0 atom stereocenters. The lowest BCUT2D eigenvalue weighted by atomic mass is 9.83. The number of Topliss-reactive ketones (excluding diaryl/α,β-unsaturated/α-hetero) is 1. The van der Waals surface area contributed by atoms with E-state index in [4.69, 9.17) is 9.84 Å². The number of ketones is 1. The minimum atomic E-state index is -1.42. The number of rotatable bonds is 4. The molecule has 0 radical (unpaired) electrons. The quantitative estimate of drug-likeness (QED) is 0.669. The summed E-state index contributed by atoms with van der Waals surface area (Å²) in [6, 6.07) is 4.90. The number of ether oxygens (including phenoxy) is 1. The van der Waals surface area contributed by atoms with E-state index in [-0.39, 0.29) is 5.56 Å². The number of hydrogen-bond acceptors (Lipinski definition) is 3. The number of hydrogen-bond donors (Lipinski definition) is 1. The number of aliphatic carboxylic acids is 1. The topological polar surface area (TPSA) is 63.6 Å². The lowest BCUT2D eigenvalue weighted by Crippen LogP contribution is -2.14. The van der Waals surface area contributed by atoms with Gasteiger partial charge in [-0.2, -0.15) is 0 Å². The average molecular weight is 262 g/mol. The van der Waals surface area contributed by atoms with E-state index in [1.807, 2.05) is 0 Å². The molecule has 0 saturated heterocycles. The van der Waals surface area contributed by atoms with Crippen LogP contribution in [0.4, 0.5) is 0 Å². The maximum atomic E-state index is 11.5. The molecule has 4 nitrogen and oxygen atoms in total. The van der Waals surface area contributed by atoms with Crippen LogP contribution >= 0.6 is 0 Å². The van der Waals surface area contributed by atoms with Crippen molar-refractivity contribution in [3.05, 3.63) is 29.3 Å². The van der Waals surface area contributed by atoms with Crippen molar-refractivity contribution in [2.75, 3.05) is 7.11 Å². The summed E-state index contributed by atoms with van der Waals surface area (Å²) in [6.45, 7) is 0. The van der Waals surface area contributed by atoms with Gasteiger partial charge in [-0.3, -0.25) is 4.79 Å². The highest BCUT2D eigenvalue weighted by molar-refractivity contribution is 6.39. The molecule has 102 valence electrons. The average Bonchev–Trinajstić information content (AvgIpc) is 2.46. The van der Waals surface area contributed by atoms with Gasteiger partial charge in [-0.1, -0.05) is 19.3 Å². The number of carboxylic acid groups (broad SMARTS) is 1. The predicted octanol–water partition coefficient (Wildman–Crippen LogP) is 3.01. The van der Waals surface area contributed by atoms with E-state index in [9.17, 15) is 9.59 Å². The number of carbonyl (C=O) groups excluding carboxylic acids is 1. The summed E-state index contributed by atoms with van der Waals surface area (Å²) in [4.78, 5) is 22.3. The maximum Gasteiger partial charge on any atom is 0.377 e. The van der Waals surface area contributed by atoms with Crippen LogP contribution in [0.5, 0.6) is 5.75 Å². The number of benzene rings is 1. The molecule has 1 fully saturated rings. The highest BCUT2D eigenvalue weighted by atomic mass is 16.5. The second-order valence-electron chi connectivity index (χ2n) is 4.93. The molecule has 0 amide bonds. The van der Waals surface area contributed by atoms with Crippen LogP contribution in [0.3, 0.4) is 0 Å². The Kier molecular flexibility index (Phi) is 4.20. The van der Waals surface area contributed by atoms with Crippen molar-refractivity contribution in [1.82, 2.24) is 0 Å². The first kappa shape index (κ1) is 13.6. The Morgan fingerprint density at radius 2 is 1.89 bits per heavy atom. The Morgan fingerprint density at radius 1 is 1.21 bits per heavy atom. The number of carboxylic acids is 1. The van der Waals surface area contributed by atoms with Crippen molar-refractivity contribution in [3.63, 3.8) is 0 Å². The van der Waals surface area contributed by atoms with Gasteiger partial charge in [0.15, 0.2) is 0 Å². The summed E-state index contributed by atoms with van der Waals surface area (Å²) in [5, 5.41) is 8.78. The molecular weight excluding hydrogens is 244 g/mol. The van der Waals surface area contributed by atoms with Crippen molar-refractivity contribution in [1.29, 1.82) is 0 Å². The number of carbonyl (C=O) groups is 2. The van der Waals surface area contributed by atoms with Gasteiger partial charge in [-0.05, 0) is 42.5 Å². The van der Waals surface area contributed by atoms with Crippen molar-refractivity contribution >= 4 is 11.8 Å². The minimum Gasteiger partial charge on any atom is -0.496 e. The summed E-state index contributed by atoms with van der Waals surface area (Å²) < 4.78 is 5.34. The first-order chi connectivity index (χ1) is 9.13. The van der Waals surface area contributed by atoms with Gasteiger partial charge in [-0.25, -0.2) is 4.79 Å². The van der Waals surface area contributed by atoms with E-state index in [1.165, 1.54) is 25.3 Å². The summed E-state index contributed by atoms with van der Waals surface area (Å²) >= 11 is 0. The predicted molar refractivity (Wildman–Crippen MR) is 70.8 cm³/mol. The van der Waals surface area contributed by atoms with Crippen molar-refractivity contribution in [3.8, 4) is 5.75 Å². The summed E-state index contributed by atoms with van der Waals surface area (Å²) in [6.07, 6.45) is 5.73. The third-order valence-electron chi connectivity index (χ3n) is 3.73. The fraction of sp³-hybridized carbons (Fsp3) is 0.467. The molecular formula is C15H18O4. The largest absolute Gasteiger partial charge is 0.496 e. The molecule has 0 spiro atoms. The van der Waals surface area contributed by atoms with Crippen LogP contribution in [-0.2, 0) is 4.79 Å². The van der Waals surface area contributed by atoms with Crippen molar-refractivity contribution in [2.45, 2.75) is 38.0 Å². The van der Waals surface area contributed by atoms with Crippen LogP contribution in [0.1, 0.15) is 53.9 Å². The van der Waals surface area contributed by atoms with Crippen LogP contribution in [0, 0.1) is 0 Å². The van der Waals surface area contributed by atoms with E-state index in [1.54, 1.807) is 19.2 Å². The normalized spacial score (nSPS) is 16.1. The Labute approximate surface area is 112 Å². The van der Waals surface area contributed by atoms with Gasteiger partial charge >= 0.3 is 5.97 Å². The second kappa shape index (κ2) is 5.87. The molecule has 1 saturated carbocycles. The highest BCUT2D eigenvalue weighted by Gasteiger charge is 2.22. The van der Waals surface area contributed by atoms with Gasteiger partial charge in [0.05, 0.1) is 7.11 Å². The van der Waals surface area contributed by atoms with Crippen LogP contribution in [-0.4, -0.2) is 24.0 Å². The Hall–Kier alpha value is -1.84. The van der Waals surface area contributed by atoms with Crippen molar-refractivity contribution in [2.24, 2.45) is 0 Å². The molecule has 1 N–H and O–H groups in total. The van der Waals surface area contributed by atoms with Gasteiger partial charge in [0.2, 0.25) is 0 Å². The third kappa shape index (κ3) is 2.95. The van der Waals surface area contributed by atoms with E-state index in [0.29, 0.717) is 5.92 Å². The molecule has 4 heteroatoms. The molecule has 2 rings (SSSR count). The number of methoxy groups -OCH3 is 1. The molecule has 0 bridgehead atoms. The second-order valence-corrected chi connectivity index (χ2v) is 4.93. The molecule has 0 aromatic heterocycles. The van der Waals surface area contributed by atoms with Crippen LogP contribution < -0.4 is 4.74 Å². The summed E-state index contributed by atoms with van der Waals surface area (Å²) in [5.41, 5.74) is 1.20. The Bertz CT molecular complexity index is 487. The van der Waals surface area contributed by atoms with Gasteiger partial charge in [0.1, 0.15) is 5.75 Å². The first-order valence-corrected chi connectivity index (χ1v) is 6.59. The van der Waals surface area contributed by atoms with E-state index < -0.39 is 11.8 Å². The van der Waals surface area contributed by atoms with E-state index >= 15 is 0 Å². The lowest BCUT2D eigenvalue weighted by molar-refractivity contribution is -0.131. The smallest absolute Gasteiger partial charge is 0.377 e. The van der Waals surface area contributed by atoms with Gasteiger partial charge in [0.25, 0.3) is 5.78 Å². The molecule has 0 aliphatic heterocycles. The zero-order chi connectivity index (χ0) is 13.8.